The van der Waals surface area contributed by atoms with Gasteiger partial charge in [0.25, 0.3) is 0 Å². The fourth-order valence-corrected chi connectivity index (χ4v) is 4.96. The second kappa shape index (κ2) is 5.86. The molecule has 5 nitrogen and oxygen atoms in total. The highest BCUT2D eigenvalue weighted by atomic mass is 35.5. The largest absolute Gasteiger partial charge is 0.228 e. The molecule has 0 aliphatic carbocycles. The monoisotopic (exact) mass is 305 g/mol. The molecule has 8 heteroatoms. The third kappa shape index (κ3) is 7.96. The summed E-state index contributed by atoms with van der Waals surface area (Å²) in [4.78, 5) is 0. The lowest BCUT2D eigenvalue weighted by Crippen LogP contribution is -2.45. The first kappa shape index (κ1) is 17.2. The summed E-state index contributed by atoms with van der Waals surface area (Å²) >= 11 is 5.61. The lowest BCUT2D eigenvalue weighted by atomic mass is 9.86. The number of halogens is 1. The fourth-order valence-electron chi connectivity index (χ4n) is 1.31. The molecule has 0 heterocycles. The predicted octanol–water partition coefficient (Wildman–Crippen LogP) is 0.952. The quantitative estimate of drug-likeness (QED) is 0.741. The van der Waals surface area contributed by atoms with Crippen LogP contribution in [-0.2, 0) is 19.9 Å². The molecule has 0 aromatic heterocycles. The van der Waals surface area contributed by atoms with Gasteiger partial charge in [-0.05, 0) is 11.8 Å². The summed E-state index contributed by atoms with van der Waals surface area (Å²) in [6, 6.07) is -0.383. The van der Waals surface area contributed by atoms with Crippen molar-refractivity contribution in [2.45, 2.75) is 33.2 Å². The molecular formula is C9H20ClNO4S2. The molecule has 1 unspecified atom stereocenters. The van der Waals surface area contributed by atoms with Crippen LogP contribution in [0.15, 0.2) is 0 Å². The third-order valence-corrected chi connectivity index (χ3v) is 5.95. The summed E-state index contributed by atoms with van der Waals surface area (Å²) in [5.74, 6) is 0.309. The van der Waals surface area contributed by atoms with Crippen molar-refractivity contribution in [3.8, 4) is 0 Å². The standard InChI is InChI=1S/C9H20ClNO4S2/c1-9(2,3)8(5-6-10)11-17(14,15)7-16(4,12)13/h8,11H,5-7H2,1-4H3. The molecule has 0 aromatic carbocycles. The van der Waals surface area contributed by atoms with Crippen LogP contribution in [0.3, 0.4) is 0 Å². The van der Waals surface area contributed by atoms with Crippen LogP contribution in [0, 0.1) is 5.41 Å². The van der Waals surface area contributed by atoms with Crippen molar-refractivity contribution in [2.75, 3.05) is 17.2 Å². The second-order valence-electron chi connectivity index (χ2n) is 5.17. The Labute approximate surface area is 109 Å². The molecule has 1 atom stereocenters. The molecule has 0 spiro atoms. The van der Waals surface area contributed by atoms with Gasteiger partial charge in [0, 0.05) is 18.2 Å². The van der Waals surface area contributed by atoms with E-state index >= 15 is 0 Å². The zero-order valence-corrected chi connectivity index (χ0v) is 12.9. The van der Waals surface area contributed by atoms with E-state index in [1.165, 1.54) is 0 Å². The van der Waals surface area contributed by atoms with Crippen LogP contribution in [-0.4, -0.2) is 40.1 Å². The molecule has 104 valence electrons. The van der Waals surface area contributed by atoms with Gasteiger partial charge in [-0.2, -0.15) is 0 Å². The van der Waals surface area contributed by atoms with Gasteiger partial charge in [0.15, 0.2) is 14.9 Å². The van der Waals surface area contributed by atoms with Gasteiger partial charge in [0.2, 0.25) is 10.0 Å². The first-order chi connectivity index (χ1) is 7.37. The van der Waals surface area contributed by atoms with E-state index in [-0.39, 0.29) is 11.5 Å². The molecule has 0 saturated heterocycles. The zero-order valence-electron chi connectivity index (χ0n) is 10.5. The van der Waals surface area contributed by atoms with Crippen molar-refractivity contribution >= 4 is 31.5 Å². The van der Waals surface area contributed by atoms with Crippen LogP contribution >= 0.6 is 11.6 Å². The van der Waals surface area contributed by atoms with E-state index in [9.17, 15) is 16.8 Å². The second-order valence-corrected chi connectivity index (χ2v) is 9.81. The molecule has 0 aliphatic heterocycles. The van der Waals surface area contributed by atoms with E-state index in [0.717, 1.165) is 6.26 Å². The lowest BCUT2D eigenvalue weighted by molar-refractivity contribution is 0.293. The maximum absolute atomic E-state index is 11.6. The number of alkyl halides is 1. The van der Waals surface area contributed by atoms with Gasteiger partial charge in [-0.15, -0.1) is 11.6 Å². The van der Waals surface area contributed by atoms with Crippen LogP contribution in [0.2, 0.25) is 0 Å². The van der Waals surface area contributed by atoms with Gasteiger partial charge in [-0.3, -0.25) is 0 Å². The van der Waals surface area contributed by atoms with E-state index in [0.29, 0.717) is 12.3 Å². The summed E-state index contributed by atoms with van der Waals surface area (Å²) in [6.07, 6.45) is 1.34. The summed E-state index contributed by atoms with van der Waals surface area (Å²) in [5, 5.41) is -0.894. The van der Waals surface area contributed by atoms with Crippen molar-refractivity contribution < 1.29 is 16.8 Å². The Morgan fingerprint density at radius 3 is 1.94 bits per heavy atom. The SMILES string of the molecule is CC(C)(C)C(CCCl)NS(=O)(=O)CS(C)(=O)=O. The molecule has 0 rings (SSSR count). The molecule has 0 saturated carbocycles. The van der Waals surface area contributed by atoms with Crippen LogP contribution in [0.4, 0.5) is 0 Å². The number of sulfone groups is 1. The Balaban J connectivity index is 4.89. The minimum absolute atomic E-state index is 0.309. The number of hydrogen-bond acceptors (Lipinski definition) is 4. The maximum Gasteiger partial charge on any atom is 0.226 e. The minimum Gasteiger partial charge on any atom is -0.228 e. The third-order valence-electron chi connectivity index (χ3n) is 2.13. The number of hydrogen-bond donors (Lipinski definition) is 1. The molecule has 0 aromatic rings. The molecule has 17 heavy (non-hydrogen) atoms. The van der Waals surface area contributed by atoms with E-state index in [4.69, 9.17) is 11.6 Å². The van der Waals surface area contributed by atoms with Gasteiger partial charge >= 0.3 is 0 Å². The smallest absolute Gasteiger partial charge is 0.226 e. The Hall–Kier alpha value is 0.150. The lowest BCUT2D eigenvalue weighted by Gasteiger charge is -2.30. The molecule has 1 N–H and O–H groups in total. The fraction of sp³-hybridized carbons (Fsp3) is 1.00. The van der Waals surface area contributed by atoms with Crippen molar-refractivity contribution in [3.63, 3.8) is 0 Å². The molecule has 0 aliphatic rings. The average molecular weight is 306 g/mol. The highest BCUT2D eigenvalue weighted by molar-refractivity contribution is 8.06. The molecule has 0 radical (unpaired) electrons. The number of rotatable bonds is 6. The normalized spacial score (nSPS) is 15.8. The van der Waals surface area contributed by atoms with E-state index in [1.54, 1.807) is 0 Å². The van der Waals surface area contributed by atoms with E-state index in [2.05, 4.69) is 4.72 Å². The highest BCUT2D eigenvalue weighted by Gasteiger charge is 2.29. The Morgan fingerprint density at radius 1 is 1.18 bits per heavy atom. The van der Waals surface area contributed by atoms with Gasteiger partial charge in [-0.25, -0.2) is 21.6 Å². The van der Waals surface area contributed by atoms with Crippen molar-refractivity contribution in [1.82, 2.24) is 4.72 Å². The van der Waals surface area contributed by atoms with E-state index < -0.39 is 24.9 Å². The van der Waals surface area contributed by atoms with Gasteiger partial charge in [0.1, 0.15) is 0 Å². The molecular weight excluding hydrogens is 286 g/mol. The van der Waals surface area contributed by atoms with Gasteiger partial charge < -0.3 is 0 Å². The van der Waals surface area contributed by atoms with Gasteiger partial charge in [-0.1, -0.05) is 20.8 Å². The van der Waals surface area contributed by atoms with Crippen molar-refractivity contribution in [2.24, 2.45) is 5.41 Å². The van der Waals surface area contributed by atoms with Crippen molar-refractivity contribution in [1.29, 1.82) is 0 Å². The zero-order chi connectivity index (χ0) is 13.9. The number of sulfonamides is 1. The molecule has 0 fully saturated rings. The van der Waals surface area contributed by atoms with Crippen LogP contribution in [0.1, 0.15) is 27.2 Å². The Morgan fingerprint density at radius 2 is 1.65 bits per heavy atom. The summed E-state index contributed by atoms with van der Waals surface area (Å²) in [6.45, 7) is 5.60. The summed E-state index contributed by atoms with van der Waals surface area (Å²) < 4.78 is 47.7. The summed E-state index contributed by atoms with van der Waals surface area (Å²) in [5.41, 5.74) is -0.320. The Bertz CT molecular complexity index is 436. The van der Waals surface area contributed by atoms with Crippen molar-refractivity contribution in [3.05, 3.63) is 0 Å². The summed E-state index contributed by atoms with van der Waals surface area (Å²) in [7, 11) is -7.41. The maximum atomic E-state index is 11.6. The first-order valence-electron chi connectivity index (χ1n) is 5.11. The predicted molar refractivity (Wildman–Crippen MR) is 70.3 cm³/mol. The van der Waals surface area contributed by atoms with Gasteiger partial charge in [0.05, 0.1) is 0 Å². The van der Waals surface area contributed by atoms with E-state index in [1.807, 2.05) is 20.8 Å². The van der Waals surface area contributed by atoms with Crippen LogP contribution in [0.5, 0.6) is 0 Å². The highest BCUT2D eigenvalue weighted by Crippen LogP contribution is 2.23. The minimum atomic E-state index is -3.84. The van der Waals surface area contributed by atoms with Crippen LogP contribution in [0.25, 0.3) is 0 Å². The molecule has 0 bridgehead atoms. The van der Waals surface area contributed by atoms with Crippen LogP contribution < -0.4 is 4.72 Å². The average Bonchev–Trinajstić information content (AvgIpc) is 1.96. The Kier molecular flexibility index (Phi) is 5.91. The topological polar surface area (TPSA) is 80.3 Å². The number of nitrogens with one attached hydrogen (secondary N) is 1. The molecule has 0 amide bonds. The first-order valence-corrected chi connectivity index (χ1v) is 9.36.